The van der Waals surface area contributed by atoms with Crippen molar-refractivity contribution in [2.45, 2.75) is 44.2 Å². The number of anilines is 1. The lowest BCUT2D eigenvalue weighted by Gasteiger charge is -2.29. The van der Waals surface area contributed by atoms with Crippen molar-refractivity contribution in [3.8, 4) is 17.2 Å². The Bertz CT molecular complexity index is 1520. The summed E-state index contributed by atoms with van der Waals surface area (Å²) < 4.78 is 12.1. The molecule has 5 rings (SSSR count). The van der Waals surface area contributed by atoms with E-state index < -0.39 is 5.97 Å². The van der Waals surface area contributed by atoms with E-state index in [9.17, 15) is 19.5 Å². The van der Waals surface area contributed by atoms with Gasteiger partial charge in [-0.1, -0.05) is 24.3 Å². The predicted molar refractivity (Wildman–Crippen MR) is 157 cm³/mol. The minimum absolute atomic E-state index is 0.0428. The highest BCUT2D eigenvalue weighted by Gasteiger charge is 2.24. The van der Waals surface area contributed by atoms with Gasteiger partial charge in [-0.15, -0.1) is 0 Å². The van der Waals surface area contributed by atoms with Crippen LogP contribution in [0.4, 0.5) is 5.69 Å². The number of benzene rings is 3. The fourth-order valence-corrected chi connectivity index (χ4v) is 4.85. The van der Waals surface area contributed by atoms with Crippen molar-refractivity contribution in [3.05, 3.63) is 114 Å². The number of rotatable bonds is 10. The molecule has 0 atom stereocenters. The molecule has 9 heteroatoms. The van der Waals surface area contributed by atoms with E-state index in [0.717, 1.165) is 37.0 Å². The number of aromatic nitrogens is 1. The molecule has 4 aromatic rings. The quantitative estimate of drug-likeness (QED) is 0.219. The maximum atomic E-state index is 12.5. The highest BCUT2D eigenvalue weighted by molar-refractivity contribution is 6.01. The lowest BCUT2D eigenvalue weighted by Crippen LogP contribution is -2.39. The van der Waals surface area contributed by atoms with Gasteiger partial charge in [0.05, 0.1) is 23.8 Å². The summed E-state index contributed by atoms with van der Waals surface area (Å²) in [7, 11) is 0. The van der Waals surface area contributed by atoms with Crippen LogP contribution in [-0.4, -0.2) is 40.0 Å². The molecule has 1 saturated carbocycles. The number of carbonyl (C=O) groups excluding carboxylic acids is 2. The minimum atomic E-state index is -1.10. The number of ether oxygens (including phenoxy) is 2. The van der Waals surface area contributed by atoms with Crippen molar-refractivity contribution in [1.82, 2.24) is 10.3 Å². The van der Waals surface area contributed by atoms with Crippen molar-refractivity contribution in [1.29, 1.82) is 0 Å². The van der Waals surface area contributed by atoms with E-state index >= 15 is 0 Å². The molecular weight excluding hydrogens is 534 g/mol. The first-order valence-corrected chi connectivity index (χ1v) is 13.8. The van der Waals surface area contributed by atoms with Gasteiger partial charge in [-0.05, 0) is 91.9 Å². The van der Waals surface area contributed by atoms with Crippen LogP contribution in [-0.2, 0) is 11.2 Å². The van der Waals surface area contributed by atoms with E-state index in [4.69, 9.17) is 9.47 Å². The summed E-state index contributed by atoms with van der Waals surface area (Å²) in [6, 6.07) is 24.4. The summed E-state index contributed by atoms with van der Waals surface area (Å²) in [5, 5.41) is 15.1. The number of nitrogens with one attached hydrogen (secondary N) is 2. The molecule has 3 aromatic carbocycles. The highest BCUT2D eigenvalue weighted by atomic mass is 16.5. The summed E-state index contributed by atoms with van der Waals surface area (Å²) in [4.78, 5) is 40.1. The second-order valence-corrected chi connectivity index (χ2v) is 10.1. The van der Waals surface area contributed by atoms with Crippen molar-refractivity contribution in [2.75, 3.05) is 5.32 Å². The lowest BCUT2D eigenvalue weighted by molar-refractivity contribution is -0.115. The number of hydrogen-bond acceptors (Lipinski definition) is 6. The van der Waals surface area contributed by atoms with Gasteiger partial charge in [0.1, 0.15) is 17.2 Å². The Balaban J connectivity index is 1.06. The van der Waals surface area contributed by atoms with Crippen molar-refractivity contribution in [2.24, 2.45) is 0 Å². The molecule has 214 valence electrons. The number of pyridine rings is 1. The minimum Gasteiger partial charge on any atom is -0.490 e. The van der Waals surface area contributed by atoms with Crippen LogP contribution in [0.5, 0.6) is 17.2 Å². The molecule has 0 aliphatic heterocycles. The van der Waals surface area contributed by atoms with Crippen molar-refractivity contribution >= 4 is 23.5 Å². The molecule has 9 nitrogen and oxygen atoms in total. The molecule has 1 aromatic heterocycles. The van der Waals surface area contributed by atoms with Crippen LogP contribution in [0.25, 0.3) is 0 Å². The van der Waals surface area contributed by atoms with Crippen LogP contribution in [0.2, 0.25) is 0 Å². The van der Waals surface area contributed by atoms with Gasteiger partial charge in [0.25, 0.3) is 5.91 Å². The number of carbonyl (C=O) groups is 3. The maximum Gasteiger partial charge on any atom is 0.337 e. The summed E-state index contributed by atoms with van der Waals surface area (Å²) in [6.07, 6.45) is 6.85. The Morgan fingerprint density at radius 2 is 1.40 bits per heavy atom. The van der Waals surface area contributed by atoms with Gasteiger partial charge in [0.2, 0.25) is 5.91 Å². The molecule has 1 heterocycles. The molecule has 0 unspecified atom stereocenters. The molecular formula is C33H31N3O6. The number of carboxylic acid groups (broad SMARTS) is 1. The first kappa shape index (κ1) is 28.4. The van der Waals surface area contributed by atoms with Gasteiger partial charge in [-0.2, -0.15) is 0 Å². The fourth-order valence-electron chi connectivity index (χ4n) is 4.85. The van der Waals surface area contributed by atoms with Gasteiger partial charge >= 0.3 is 5.97 Å². The molecule has 0 saturated heterocycles. The third-order valence-corrected chi connectivity index (χ3v) is 7.03. The van der Waals surface area contributed by atoms with E-state index in [-0.39, 0.29) is 41.6 Å². The molecule has 3 N–H and O–H groups in total. The summed E-state index contributed by atoms with van der Waals surface area (Å²) in [5.74, 6) is 0.557. The van der Waals surface area contributed by atoms with Gasteiger partial charge < -0.3 is 25.2 Å². The molecule has 0 bridgehead atoms. The standard InChI is InChI=1S/C33H31N3O6/c37-31(36-30-4-2-1-3-29(30)33(39)40)21-22-5-9-25(10-6-22)41-27-13-15-28(16-14-27)42-26-11-7-24(8-12-26)35-32(38)23-17-19-34-20-18-23/h1-6,9-10,13-20,24,26H,7-8,11-12,21H2,(H,35,38)(H,36,37)(H,39,40). The summed E-state index contributed by atoms with van der Waals surface area (Å²) in [6.45, 7) is 0. The molecule has 42 heavy (non-hydrogen) atoms. The number of para-hydroxylation sites is 1. The first-order valence-electron chi connectivity index (χ1n) is 13.8. The highest BCUT2D eigenvalue weighted by Crippen LogP contribution is 2.28. The van der Waals surface area contributed by atoms with Gasteiger partial charge in [-0.3, -0.25) is 14.6 Å². The monoisotopic (exact) mass is 565 g/mol. The zero-order chi connectivity index (χ0) is 29.3. The predicted octanol–water partition coefficient (Wildman–Crippen LogP) is 5.87. The van der Waals surface area contributed by atoms with Gasteiger partial charge in [0.15, 0.2) is 0 Å². The fraction of sp³-hybridized carbons (Fsp3) is 0.212. The molecule has 2 amide bonds. The summed E-state index contributed by atoms with van der Waals surface area (Å²) in [5.41, 5.74) is 1.69. The van der Waals surface area contributed by atoms with Crippen molar-refractivity contribution in [3.63, 3.8) is 0 Å². The summed E-state index contributed by atoms with van der Waals surface area (Å²) >= 11 is 0. The number of amides is 2. The zero-order valence-electron chi connectivity index (χ0n) is 22.9. The Kier molecular flexibility index (Phi) is 9.08. The Hall–Kier alpha value is -5.18. The zero-order valence-corrected chi connectivity index (χ0v) is 22.9. The second-order valence-electron chi connectivity index (χ2n) is 10.1. The van der Waals surface area contributed by atoms with Crippen LogP contribution < -0.4 is 20.1 Å². The van der Waals surface area contributed by atoms with Crippen LogP contribution >= 0.6 is 0 Å². The molecule has 0 spiro atoms. The van der Waals surface area contributed by atoms with E-state index in [2.05, 4.69) is 15.6 Å². The SMILES string of the molecule is O=C(Cc1ccc(Oc2ccc(OC3CCC(NC(=O)c4ccncc4)CC3)cc2)cc1)Nc1ccccc1C(=O)O. The van der Waals surface area contributed by atoms with E-state index in [1.807, 2.05) is 24.3 Å². The number of hydrogen-bond donors (Lipinski definition) is 3. The van der Waals surface area contributed by atoms with Crippen LogP contribution in [0.15, 0.2) is 97.3 Å². The molecule has 1 aliphatic carbocycles. The van der Waals surface area contributed by atoms with Crippen LogP contribution in [0, 0.1) is 0 Å². The maximum absolute atomic E-state index is 12.5. The van der Waals surface area contributed by atoms with Gasteiger partial charge in [0, 0.05) is 24.0 Å². The third-order valence-electron chi connectivity index (χ3n) is 7.03. The van der Waals surface area contributed by atoms with E-state index in [1.165, 1.54) is 6.07 Å². The number of nitrogens with zero attached hydrogens (tertiary/aromatic N) is 1. The second kappa shape index (κ2) is 13.5. The Labute approximate surface area is 243 Å². The van der Waals surface area contributed by atoms with Crippen LogP contribution in [0.3, 0.4) is 0 Å². The third kappa shape index (κ3) is 7.72. The number of aromatic carboxylic acids is 1. The normalized spacial score (nSPS) is 16.2. The molecule has 0 radical (unpaired) electrons. The largest absolute Gasteiger partial charge is 0.490 e. The first-order chi connectivity index (χ1) is 20.4. The van der Waals surface area contributed by atoms with E-state index in [0.29, 0.717) is 17.1 Å². The average molecular weight is 566 g/mol. The van der Waals surface area contributed by atoms with E-state index in [1.54, 1.807) is 67.0 Å². The van der Waals surface area contributed by atoms with Crippen molar-refractivity contribution < 1.29 is 29.0 Å². The van der Waals surface area contributed by atoms with Gasteiger partial charge in [-0.25, -0.2) is 4.79 Å². The molecule has 1 aliphatic rings. The average Bonchev–Trinajstić information content (AvgIpc) is 3.00. The lowest BCUT2D eigenvalue weighted by atomic mass is 9.92. The number of carboxylic acids is 1. The molecule has 1 fully saturated rings. The smallest absolute Gasteiger partial charge is 0.337 e. The Morgan fingerprint density at radius 3 is 2.07 bits per heavy atom. The Morgan fingerprint density at radius 1 is 0.786 bits per heavy atom. The van der Waals surface area contributed by atoms with Crippen LogP contribution in [0.1, 0.15) is 52.0 Å². The topological polar surface area (TPSA) is 127 Å².